The van der Waals surface area contributed by atoms with Crippen LogP contribution < -0.4 is 5.32 Å². The maximum atomic E-state index is 14.1. The molecule has 0 aromatic heterocycles. The number of rotatable bonds is 6. The highest BCUT2D eigenvalue weighted by Gasteiger charge is 2.21. The highest BCUT2D eigenvalue weighted by Crippen LogP contribution is 2.24. The van der Waals surface area contributed by atoms with E-state index in [9.17, 15) is 4.39 Å². The van der Waals surface area contributed by atoms with Crippen LogP contribution in [-0.4, -0.2) is 35.0 Å². The molecule has 1 saturated heterocycles. The van der Waals surface area contributed by atoms with Crippen molar-refractivity contribution >= 4 is 11.8 Å². The fraction of sp³-hybridized carbons (Fsp3) is 0.647. The summed E-state index contributed by atoms with van der Waals surface area (Å²) < 4.78 is 14.1. The van der Waals surface area contributed by atoms with Crippen LogP contribution in [0.1, 0.15) is 37.3 Å². The lowest BCUT2D eigenvalue weighted by Crippen LogP contribution is -2.37. The Morgan fingerprint density at radius 2 is 2.24 bits per heavy atom. The summed E-state index contributed by atoms with van der Waals surface area (Å²) in [5, 5.41) is 4.21. The third-order valence-corrected chi connectivity index (χ3v) is 5.73. The van der Waals surface area contributed by atoms with Gasteiger partial charge in [-0.15, -0.1) is 0 Å². The molecule has 3 rings (SSSR count). The van der Waals surface area contributed by atoms with Crippen LogP contribution in [0.2, 0.25) is 0 Å². The molecule has 0 spiro atoms. The third kappa shape index (κ3) is 4.44. The van der Waals surface area contributed by atoms with Gasteiger partial charge in [0.2, 0.25) is 0 Å². The summed E-state index contributed by atoms with van der Waals surface area (Å²) in [6.07, 6.45) is 3.78. The summed E-state index contributed by atoms with van der Waals surface area (Å²) in [6, 6.07) is 6.29. The number of halogens is 1. The van der Waals surface area contributed by atoms with Gasteiger partial charge in [-0.05, 0) is 30.9 Å². The number of thioether (sulfide) groups is 1. The molecule has 2 aliphatic rings. The van der Waals surface area contributed by atoms with Gasteiger partial charge in [-0.25, -0.2) is 4.39 Å². The van der Waals surface area contributed by atoms with Crippen LogP contribution in [0.5, 0.6) is 0 Å². The largest absolute Gasteiger partial charge is 0.310 e. The number of nitrogens with one attached hydrogen (secondary N) is 1. The van der Waals surface area contributed by atoms with Crippen molar-refractivity contribution in [1.29, 1.82) is 0 Å². The Bertz CT molecular complexity index is 476. The summed E-state index contributed by atoms with van der Waals surface area (Å²) in [6.45, 7) is 6.02. The number of nitrogens with zero attached hydrogens (tertiary/aromatic N) is 1. The molecule has 1 aliphatic heterocycles. The fourth-order valence-corrected chi connectivity index (χ4v) is 4.07. The first-order chi connectivity index (χ1) is 10.2. The van der Waals surface area contributed by atoms with Gasteiger partial charge in [0, 0.05) is 48.8 Å². The van der Waals surface area contributed by atoms with E-state index in [1.807, 2.05) is 12.1 Å². The number of benzene rings is 1. The minimum atomic E-state index is -0.0588. The first-order valence-corrected chi connectivity index (χ1v) is 9.14. The molecule has 0 bridgehead atoms. The van der Waals surface area contributed by atoms with E-state index in [-0.39, 0.29) is 5.82 Å². The second-order valence-electron chi connectivity index (χ2n) is 6.22. The van der Waals surface area contributed by atoms with Gasteiger partial charge in [0.1, 0.15) is 5.82 Å². The lowest BCUT2D eigenvalue weighted by Gasteiger charge is -2.32. The van der Waals surface area contributed by atoms with E-state index in [1.54, 1.807) is 6.07 Å². The van der Waals surface area contributed by atoms with E-state index in [0.717, 1.165) is 31.7 Å². The molecule has 1 aromatic rings. The zero-order valence-corrected chi connectivity index (χ0v) is 13.6. The van der Waals surface area contributed by atoms with Gasteiger partial charge in [-0.3, -0.25) is 4.90 Å². The van der Waals surface area contributed by atoms with Crippen LogP contribution in [0.15, 0.2) is 18.2 Å². The molecule has 1 aliphatic carbocycles. The maximum absolute atomic E-state index is 14.1. The van der Waals surface area contributed by atoms with Crippen molar-refractivity contribution in [2.75, 3.05) is 18.8 Å². The molecular weight excluding hydrogens is 283 g/mol. The van der Waals surface area contributed by atoms with Crippen LogP contribution in [0, 0.1) is 5.82 Å². The first-order valence-electron chi connectivity index (χ1n) is 8.09. The SMILES string of the molecule is CCC1CN(Cc2cc(CNC3CC3)ccc2F)CCS1. The van der Waals surface area contributed by atoms with Gasteiger partial charge < -0.3 is 5.32 Å². The molecule has 2 nitrogen and oxygen atoms in total. The first kappa shape index (κ1) is 15.3. The highest BCUT2D eigenvalue weighted by atomic mass is 32.2. The van der Waals surface area contributed by atoms with Gasteiger partial charge in [0.15, 0.2) is 0 Å². The molecule has 2 fully saturated rings. The molecule has 1 saturated carbocycles. The Hall–Kier alpha value is -0.580. The molecule has 21 heavy (non-hydrogen) atoms. The second kappa shape index (κ2) is 7.12. The number of hydrogen-bond acceptors (Lipinski definition) is 3. The number of hydrogen-bond donors (Lipinski definition) is 1. The fourth-order valence-electron chi connectivity index (χ4n) is 2.82. The van der Waals surface area contributed by atoms with Crippen LogP contribution in [0.4, 0.5) is 4.39 Å². The molecule has 116 valence electrons. The smallest absolute Gasteiger partial charge is 0.127 e. The zero-order chi connectivity index (χ0) is 14.7. The monoisotopic (exact) mass is 308 g/mol. The zero-order valence-electron chi connectivity index (χ0n) is 12.8. The van der Waals surface area contributed by atoms with Crippen molar-refractivity contribution in [3.63, 3.8) is 0 Å². The molecule has 1 N–H and O–H groups in total. The quantitative estimate of drug-likeness (QED) is 0.867. The molecule has 4 heteroatoms. The van der Waals surface area contributed by atoms with E-state index in [1.165, 1.54) is 30.6 Å². The van der Waals surface area contributed by atoms with E-state index in [4.69, 9.17) is 0 Å². The molecule has 1 heterocycles. The van der Waals surface area contributed by atoms with Crippen LogP contribution >= 0.6 is 11.8 Å². The Balaban J connectivity index is 1.61. The molecule has 0 radical (unpaired) electrons. The average molecular weight is 308 g/mol. The van der Waals surface area contributed by atoms with E-state index < -0.39 is 0 Å². The summed E-state index contributed by atoms with van der Waals surface area (Å²) in [4.78, 5) is 2.40. The van der Waals surface area contributed by atoms with Gasteiger partial charge in [-0.2, -0.15) is 11.8 Å². The lowest BCUT2D eigenvalue weighted by molar-refractivity contribution is 0.269. The Kier molecular flexibility index (Phi) is 5.19. The van der Waals surface area contributed by atoms with Crippen molar-refractivity contribution in [1.82, 2.24) is 10.2 Å². The van der Waals surface area contributed by atoms with Crippen LogP contribution in [0.25, 0.3) is 0 Å². The summed E-state index contributed by atoms with van der Waals surface area (Å²) in [5.74, 6) is 1.11. The predicted molar refractivity (Wildman–Crippen MR) is 88.1 cm³/mol. The van der Waals surface area contributed by atoms with Crippen LogP contribution in [0.3, 0.4) is 0 Å². The van der Waals surface area contributed by atoms with Crippen molar-refractivity contribution in [3.05, 3.63) is 35.1 Å². The average Bonchev–Trinajstić information content (AvgIpc) is 3.32. The van der Waals surface area contributed by atoms with Gasteiger partial charge >= 0.3 is 0 Å². The normalized spacial score (nSPS) is 23.4. The van der Waals surface area contributed by atoms with Crippen molar-refractivity contribution in [3.8, 4) is 0 Å². The topological polar surface area (TPSA) is 15.3 Å². The Labute approximate surface area is 131 Å². The van der Waals surface area contributed by atoms with Crippen LogP contribution in [-0.2, 0) is 13.1 Å². The van der Waals surface area contributed by atoms with Gasteiger partial charge in [-0.1, -0.05) is 19.1 Å². The van der Waals surface area contributed by atoms with E-state index in [2.05, 4.69) is 28.9 Å². The van der Waals surface area contributed by atoms with Crippen molar-refractivity contribution in [2.24, 2.45) is 0 Å². The highest BCUT2D eigenvalue weighted by molar-refractivity contribution is 8.00. The summed E-state index contributed by atoms with van der Waals surface area (Å²) >= 11 is 2.06. The molecule has 1 unspecified atom stereocenters. The molecule has 1 atom stereocenters. The third-order valence-electron chi connectivity index (χ3n) is 4.35. The van der Waals surface area contributed by atoms with E-state index >= 15 is 0 Å². The van der Waals surface area contributed by atoms with Gasteiger partial charge in [0.25, 0.3) is 0 Å². The van der Waals surface area contributed by atoms with E-state index in [0.29, 0.717) is 11.3 Å². The van der Waals surface area contributed by atoms with Crippen molar-refractivity contribution < 1.29 is 4.39 Å². The summed E-state index contributed by atoms with van der Waals surface area (Å²) in [7, 11) is 0. The minimum absolute atomic E-state index is 0.0588. The Morgan fingerprint density at radius 1 is 1.38 bits per heavy atom. The van der Waals surface area contributed by atoms with Crippen molar-refractivity contribution in [2.45, 2.75) is 50.6 Å². The maximum Gasteiger partial charge on any atom is 0.127 e. The predicted octanol–water partition coefficient (Wildman–Crippen LogP) is 3.41. The standard InChI is InChI=1S/C17H25FN2S/c1-2-16-12-20(7-8-21-16)11-14-9-13(3-6-17(14)18)10-19-15-4-5-15/h3,6,9,15-16,19H,2,4-5,7-8,10-12H2,1H3. The minimum Gasteiger partial charge on any atom is -0.310 e. The lowest BCUT2D eigenvalue weighted by atomic mass is 10.1. The second-order valence-corrected chi connectivity index (χ2v) is 7.63. The van der Waals surface area contributed by atoms with Gasteiger partial charge in [0.05, 0.1) is 0 Å². The molecular formula is C17H25FN2S. The molecule has 0 amide bonds. The summed E-state index contributed by atoms with van der Waals surface area (Å²) in [5.41, 5.74) is 2.06. The molecule has 1 aromatic carbocycles. The Morgan fingerprint density at radius 3 is 3.00 bits per heavy atom.